The zero-order valence-electron chi connectivity index (χ0n) is 14.6. The van der Waals surface area contributed by atoms with Crippen LogP contribution in [0.1, 0.15) is 26.6 Å². The summed E-state index contributed by atoms with van der Waals surface area (Å²) in [6.07, 6.45) is 1.56. The number of aromatic nitrogens is 4. The van der Waals surface area contributed by atoms with Crippen LogP contribution in [0.15, 0.2) is 42.6 Å². The highest BCUT2D eigenvalue weighted by Gasteiger charge is 2.17. The lowest BCUT2D eigenvalue weighted by Gasteiger charge is -2.06. The Morgan fingerprint density at radius 3 is 2.65 bits per heavy atom. The molecule has 0 aliphatic carbocycles. The van der Waals surface area contributed by atoms with Crippen molar-refractivity contribution in [2.45, 2.75) is 20.8 Å². The van der Waals surface area contributed by atoms with Crippen molar-refractivity contribution in [1.82, 2.24) is 19.7 Å². The predicted molar refractivity (Wildman–Crippen MR) is 103 cm³/mol. The smallest absolute Gasteiger partial charge is 0.260 e. The predicted octanol–water partition coefficient (Wildman–Crippen LogP) is 4.05. The van der Waals surface area contributed by atoms with Gasteiger partial charge in [-0.3, -0.25) is 10.1 Å². The third kappa shape index (κ3) is 2.86. The van der Waals surface area contributed by atoms with Crippen LogP contribution >= 0.6 is 11.3 Å². The fourth-order valence-corrected chi connectivity index (χ4v) is 3.54. The van der Waals surface area contributed by atoms with Crippen molar-refractivity contribution < 1.29 is 4.79 Å². The van der Waals surface area contributed by atoms with Crippen LogP contribution < -0.4 is 5.32 Å². The van der Waals surface area contributed by atoms with Crippen molar-refractivity contribution >= 4 is 33.3 Å². The van der Waals surface area contributed by atoms with E-state index in [0.717, 1.165) is 27.2 Å². The van der Waals surface area contributed by atoms with E-state index in [0.29, 0.717) is 16.5 Å². The Labute approximate surface area is 154 Å². The second-order valence-electron chi connectivity index (χ2n) is 6.03. The average molecular weight is 363 g/mol. The van der Waals surface area contributed by atoms with Gasteiger partial charge in [0, 0.05) is 10.3 Å². The number of pyridine rings is 1. The first-order valence-electron chi connectivity index (χ1n) is 8.19. The third-order valence-electron chi connectivity index (χ3n) is 4.30. The molecule has 0 aliphatic heterocycles. The number of nitrogens with zero attached hydrogens (tertiary/aromatic N) is 4. The van der Waals surface area contributed by atoms with Gasteiger partial charge in [-0.05, 0) is 39.0 Å². The van der Waals surface area contributed by atoms with E-state index >= 15 is 0 Å². The fraction of sp³-hybridized carbons (Fsp3) is 0.158. The number of amides is 1. The number of rotatable bonds is 3. The van der Waals surface area contributed by atoms with Crippen molar-refractivity contribution in [3.05, 3.63) is 64.4 Å². The molecule has 0 fully saturated rings. The number of nitrogens with one attached hydrogen (secondary N) is 1. The summed E-state index contributed by atoms with van der Waals surface area (Å²) in [4.78, 5) is 22.7. The molecule has 0 atom stereocenters. The molecule has 0 saturated heterocycles. The summed E-state index contributed by atoms with van der Waals surface area (Å²) >= 11 is 1.47. The van der Waals surface area contributed by atoms with E-state index in [4.69, 9.17) is 0 Å². The Morgan fingerprint density at radius 2 is 1.88 bits per heavy atom. The highest BCUT2D eigenvalue weighted by Crippen LogP contribution is 2.23. The average Bonchev–Trinajstić information content (AvgIpc) is 3.16. The lowest BCUT2D eigenvalue weighted by molar-refractivity contribution is 0.102. The second-order valence-corrected chi connectivity index (χ2v) is 7.24. The number of para-hydroxylation sites is 1. The van der Waals surface area contributed by atoms with Crippen LogP contribution in [0.4, 0.5) is 5.13 Å². The molecule has 1 N–H and O–H groups in total. The topological polar surface area (TPSA) is 72.7 Å². The SMILES string of the molecule is Cc1nc(NC(=O)c2cnn(-c3ccc4ccccc4n3)c2C)sc1C. The largest absolute Gasteiger partial charge is 0.298 e. The molecule has 0 saturated carbocycles. The number of hydrogen-bond acceptors (Lipinski definition) is 5. The van der Waals surface area contributed by atoms with Crippen molar-refractivity contribution in [3.8, 4) is 5.82 Å². The number of fused-ring (bicyclic) bond motifs is 1. The van der Waals surface area contributed by atoms with Crippen LogP contribution in [0.5, 0.6) is 0 Å². The Morgan fingerprint density at radius 1 is 1.08 bits per heavy atom. The van der Waals surface area contributed by atoms with Gasteiger partial charge in [-0.15, -0.1) is 11.3 Å². The van der Waals surface area contributed by atoms with Gasteiger partial charge in [-0.2, -0.15) is 5.10 Å². The van der Waals surface area contributed by atoms with Crippen LogP contribution in [0, 0.1) is 20.8 Å². The van der Waals surface area contributed by atoms with E-state index in [9.17, 15) is 4.79 Å². The van der Waals surface area contributed by atoms with E-state index in [1.165, 1.54) is 11.3 Å². The molecule has 130 valence electrons. The number of thiazole rings is 1. The molecule has 4 aromatic rings. The van der Waals surface area contributed by atoms with E-state index in [2.05, 4.69) is 20.4 Å². The van der Waals surface area contributed by atoms with Crippen LogP contribution in [0.2, 0.25) is 0 Å². The van der Waals surface area contributed by atoms with Gasteiger partial charge < -0.3 is 0 Å². The Hall–Kier alpha value is -3.06. The number of carbonyl (C=O) groups excluding carboxylic acids is 1. The summed E-state index contributed by atoms with van der Waals surface area (Å²) in [7, 11) is 0. The van der Waals surface area contributed by atoms with Gasteiger partial charge >= 0.3 is 0 Å². The first-order chi connectivity index (χ1) is 12.5. The number of anilines is 1. The number of hydrogen-bond donors (Lipinski definition) is 1. The lowest BCUT2D eigenvalue weighted by atomic mass is 10.2. The standard InChI is InChI=1S/C19H17N5OS/c1-11-13(3)26-19(21-11)23-18(25)15-10-20-24(12(15)2)17-9-8-14-6-4-5-7-16(14)22-17/h4-10H,1-3H3,(H,21,23,25). The molecule has 7 heteroatoms. The normalized spacial score (nSPS) is 11.0. The maximum Gasteiger partial charge on any atom is 0.260 e. The van der Waals surface area contributed by atoms with Crippen molar-refractivity contribution in [1.29, 1.82) is 0 Å². The van der Waals surface area contributed by atoms with Crippen LogP contribution in [0.3, 0.4) is 0 Å². The van der Waals surface area contributed by atoms with Gasteiger partial charge in [0.05, 0.1) is 28.7 Å². The summed E-state index contributed by atoms with van der Waals surface area (Å²) in [5, 5.41) is 8.87. The Kier molecular flexibility index (Phi) is 4.00. The van der Waals surface area contributed by atoms with E-state index in [-0.39, 0.29) is 5.91 Å². The molecule has 26 heavy (non-hydrogen) atoms. The first kappa shape index (κ1) is 16.4. The molecule has 0 unspecified atom stereocenters. The van der Waals surface area contributed by atoms with Crippen LogP contribution in [0.25, 0.3) is 16.7 Å². The molecular formula is C19H17N5OS. The summed E-state index contributed by atoms with van der Waals surface area (Å²) < 4.78 is 1.68. The molecule has 1 aromatic carbocycles. The number of carbonyl (C=O) groups is 1. The highest BCUT2D eigenvalue weighted by atomic mass is 32.1. The minimum atomic E-state index is -0.219. The number of benzene rings is 1. The molecule has 3 aromatic heterocycles. The first-order valence-corrected chi connectivity index (χ1v) is 9.01. The Bertz CT molecular complexity index is 1110. The summed E-state index contributed by atoms with van der Waals surface area (Å²) in [5.74, 6) is 0.462. The van der Waals surface area contributed by atoms with Gasteiger partial charge in [0.25, 0.3) is 5.91 Å². The fourth-order valence-electron chi connectivity index (χ4n) is 2.73. The van der Waals surface area contributed by atoms with E-state index < -0.39 is 0 Å². The van der Waals surface area contributed by atoms with E-state index in [1.807, 2.05) is 57.2 Å². The molecule has 4 rings (SSSR count). The van der Waals surface area contributed by atoms with Gasteiger partial charge in [0.15, 0.2) is 10.9 Å². The molecule has 0 aliphatic rings. The molecule has 0 spiro atoms. The molecule has 6 nitrogen and oxygen atoms in total. The van der Waals surface area contributed by atoms with Crippen LogP contribution in [-0.2, 0) is 0 Å². The minimum absolute atomic E-state index is 0.219. The van der Waals surface area contributed by atoms with Crippen molar-refractivity contribution in [3.63, 3.8) is 0 Å². The maximum atomic E-state index is 12.6. The Balaban J connectivity index is 1.65. The van der Waals surface area contributed by atoms with Gasteiger partial charge in [-0.1, -0.05) is 18.2 Å². The molecule has 0 radical (unpaired) electrons. The van der Waals surface area contributed by atoms with Crippen molar-refractivity contribution in [2.75, 3.05) is 5.32 Å². The summed E-state index contributed by atoms with van der Waals surface area (Å²) in [6, 6.07) is 11.8. The minimum Gasteiger partial charge on any atom is -0.298 e. The molecule has 1 amide bonds. The summed E-state index contributed by atoms with van der Waals surface area (Å²) in [6.45, 7) is 5.77. The van der Waals surface area contributed by atoms with Crippen LogP contribution in [-0.4, -0.2) is 25.7 Å². The van der Waals surface area contributed by atoms with Crippen molar-refractivity contribution in [2.24, 2.45) is 0 Å². The molecular weight excluding hydrogens is 346 g/mol. The highest BCUT2D eigenvalue weighted by molar-refractivity contribution is 7.15. The molecule has 0 bridgehead atoms. The summed E-state index contributed by atoms with van der Waals surface area (Å²) in [5.41, 5.74) is 3.05. The monoisotopic (exact) mass is 363 g/mol. The second kappa shape index (κ2) is 6.34. The quantitative estimate of drug-likeness (QED) is 0.596. The zero-order valence-corrected chi connectivity index (χ0v) is 15.5. The van der Waals surface area contributed by atoms with Gasteiger partial charge in [0.2, 0.25) is 0 Å². The van der Waals surface area contributed by atoms with Gasteiger partial charge in [-0.25, -0.2) is 14.6 Å². The van der Waals surface area contributed by atoms with E-state index in [1.54, 1.807) is 10.9 Å². The number of aryl methyl sites for hydroxylation is 2. The third-order valence-corrected chi connectivity index (χ3v) is 5.29. The zero-order chi connectivity index (χ0) is 18.3. The lowest BCUT2D eigenvalue weighted by Crippen LogP contribution is -2.13. The van der Waals surface area contributed by atoms with Gasteiger partial charge in [0.1, 0.15) is 0 Å². The maximum absolute atomic E-state index is 12.6. The molecule has 3 heterocycles.